The zero-order valence-electron chi connectivity index (χ0n) is 11.2. The Kier molecular flexibility index (Phi) is 3.84. The van der Waals surface area contributed by atoms with Gasteiger partial charge in [-0.25, -0.2) is 4.98 Å². The topological polar surface area (TPSA) is 90.0 Å². The highest BCUT2D eigenvalue weighted by Crippen LogP contribution is 2.29. The van der Waals surface area contributed by atoms with Crippen LogP contribution in [0.25, 0.3) is 0 Å². The number of hydrogen-bond acceptors (Lipinski definition) is 6. The summed E-state index contributed by atoms with van der Waals surface area (Å²) in [6, 6.07) is 0. The third-order valence-electron chi connectivity index (χ3n) is 2.73. The van der Waals surface area contributed by atoms with Crippen LogP contribution in [0.5, 0.6) is 0 Å². The molecule has 8 nitrogen and oxygen atoms in total. The molecule has 0 unspecified atom stereocenters. The molecule has 0 aliphatic heterocycles. The zero-order valence-corrected chi connectivity index (χ0v) is 12.0. The predicted molar refractivity (Wildman–Crippen MR) is 73.7 cm³/mol. The van der Waals surface area contributed by atoms with E-state index in [4.69, 9.17) is 11.6 Å². The van der Waals surface area contributed by atoms with Crippen molar-refractivity contribution in [3.05, 3.63) is 39.0 Å². The number of aromatic nitrogens is 4. The van der Waals surface area contributed by atoms with Crippen LogP contribution in [0.2, 0.25) is 5.28 Å². The first-order chi connectivity index (χ1) is 9.38. The van der Waals surface area contributed by atoms with Crippen molar-refractivity contribution in [2.75, 3.05) is 11.9 Å². The van der Waals surface area contributed by atoms with Crippen molar-refractivity contribution in [2.24, 2.45) is 7.05 Å². The van der Waals surface area contributed by atoms with Crippen molar-refractivity contribution < 1.29 is 4.92 Å². The Labute approximate surface area is 120 Å². The molecule has 2 aromatic heterocycles. The fraction of sp³-hybridized carbons (Fsp3) is 0.364. The second-order valence-electron chi connectivity index (χ2n) is 4.39. The molecule has 2 aromatic rings. The van der Waals surface area contributed by atoms with Crippen LogP contribution in [0.3, 0.4) is 0 Å². The first-order valence-corrected chi connectivity index (χ1v) is 6.13. The molecule has 2 heterocycles. The maximum atomic E-state index is 11.2. The number of rotatable bonds is 4. The van der Waals surface area contributed by atoms with E-state index in [2.05, 4.69) is 15.1 Å². The van der Waals surface area contributed by atoms with Crippen molar-refractivity contribution in [1.29, 1.82) is 0 Å². The van der Waals surface area contributed by atoms with Crippen molar-refractivity contribution in [3.8, 4) is 0 Å². The van der Waals surface area contributed by atoms with Crippen molar-refractivity contribution >= 4 is 23.1 Å². The highest BCUT2D eigenvalue weighted by Gasteiger charge is 2.24. The molecule has 0 spiro atoms. The first-order valence-electron chi connectivity index (χ1n) is 5.75. The largest absolute Gasteiger partial charge is 0.349 e. The molecular weight excluding hydrogens is 284 g/mol. The van der Waals surface area contributed by atoms with Gasteiger partial charge in [0.2, 0.25) is 11.1 Å². The Bertz CT molecular complexity index is 656. The third kappa shape index (κ3) is 2.85. The maximum Gasteiger partial charge on any atom is 0.332 e. The number of aryl methyl sites for hydroxylation is 2. The van der Waals surface area contributed by atoms with E-state index in [0.29, 0.717) is 6.54 Å². The Morgan fingerprint density at radius 2 is 2.20 bits per heavy atom. The van der Waals surface area contributed by atoms with Gasteiger partial charge in [-0.2, -0.15) is 10.1 Å². The molecule has 0 saturated carbocycles. The summed E-state index contributed by atoms with van der Waals surface area (Å²) in [5.74, 6) is 0.191. The zero-order chi connectivity index (χ0) is 14.9. The normalized spacial score (nSPS) is 10.6. The highest BCUT2D eigenvalue weighted by molar-refractivity contribution is 6.28. The lowest BCUT2D eigenvalue weighted by Crippen LogP contribution is -2.20. The van der Waals surface area contributed by atoms with Crippen LogP contribution in [0.4, 0.5) is 11.5 Å². The molecule has 0 amide bonds. The minimum Gasteiger partial charge on any atom is -0.349 e. The molecule has 0 aliphatic carbocycles. The predicted octanol–water partition coefficient (Wildman–Crippen LogP) is 1.72. The van der Waals surface area contributed by atoms with Crippen LogP contribution in [0.15, 0.2) is 12.4 Å². The molecular formula is C11H13ClN6O2. The van der Waals surface area contributed by atoms with Gasteiger partial charge < -0.3 is 4.90 Å². The lowest BCUT2D eigenvalue weighted by atomic mass is 10.3. The molecule has 0 radical (unpaired) electrons. The van der Waals surface area contributed by atoms with Crippen LogP contribution >= 0.6 is 11.6 Å². The molecule has 0 aromatic carbocycles. The van der Waals surface area contributed by atoms with E-state index in [1.807, 2.05) is 6.20 Å². The van der Waals surface area contributed by atoms with Gasteiger partial charge >= 0.3 is 5.69 Å². The van der Waals surface area contributed by atoms with Crippen LogP contribution in [-0.4, -0.2) is 31.7 Å². The fourth-order valence-corrected chi connectivity index (χ4v) is 2.11. The minimum absolute atomic E-state index is 0.0128. The molecule has 106 valence electrons. The summed E-state index contributed by atoms with van der Waals surface area (Å²) in [6.07, 6.45) is 3.52. The standard InChI is InChI=1S/C11H13ClN6O2/c1-7-9(18(19)20)10(15-11(12)14-7)16(2)5-8-4-13-17(3)6-8/h4,6H,5H2,1-3H3. The SMILES string of the molecule is Cc1nc(Cl)nc(N(C)Cc2cnn(C)c2)c1[N+](=O)[O-]. The van der Waals surface area contributed by atoms with Gasteiger partial charge in [0, 0.05) is 32.4 Å². The van der Waals surface area contributed by atoms with E-state index in [0.717, 1.165) is 5.56 Å². The maximum absolute atomic E-state index is 11.2. The number of anilines is 1. The fourth-order valence-electron chi connectivity index (χ4n) is 1.90. The van der Waals surface area contributed by atoms with Gasteiger partial charge in [0.05, 0.1) is 11.1 Å². The quantitative estimate of drug-likeness (QED) is 0.485. The van der Waals surface area contributed by atoms with Crippen LogP contribution in [-0.2, 0) is 13.6 Å². The van der Waals surface area contributed by atoms with Crippen LogP contribution in [0.1, 0.15) is 11.3 Å². The Morgan fingerprint density at radius 1 is 1.50 bits per heavy atom. The molecule has 0 N–H and O–H groups in total. The summed E-state index contributed by atoms with van der Waals surface area (Å²) < 4.78 is 1.66. The van der Waals surface area contributed by atoms with E-state index in [9.17, 15) is 10.1 Å². The van der Waals surface area contributed by atoms with Gasteiger partial charge in [-0.15, -0.1) is 0 Å². The summed E-state index contributed by atoms with van der Waals surface area (Å²) in [5.41, 5.74) is 1.01. The summed E-state index contributed by atoms with van der Waals surface area (Å²) in [7, 11) is 3.51. The Morgan fingerprint density at radius 3 is 2.75 bits per heavy atom. The monoisotopic (exact) mass is 296 g/mol. The summed E-state index contributed by atoms with van der Waals surface area (Å²) in [4.78, 5) is 20.1. The van der Waals surface area contributed by atoms with Crippen LogP contribution in [0, 0.1) is 17.0 Å². The smallest absolute Gasteiger partial charge is 0.332 e. The summed E-state index contributed by atoms with van der Waals surface area (Å²) in [6.45, 7) is 1.97. The molecule has 9 heteroatoms. The van der Waals surface area contributed by atoms with Gasteiger partial charge in [0.1, 0.15) is 5.69 Å². The number of halogens is 1. The molecule has 0 fully saturated rings. The van der Waals surface area contributed by atoms with Crippen molar-refractivity contribution in [3.63, 3.8) is 0 Å². The molecule has 0 saturated heterocycles. The van der Waals surface area contributed by atoms with E-state index in [1.165, 1.54) is 6.92 Å². The average molecular weight is 297 g/mol. The van der Waals surface area contributed by atoms with Crippen molar-refractivity contribution in [1.82, 2.24) is 19.7 Å². The van der Waals surface area contributed by atoms with Crippen molar-refractivity contribution in [2.45, 2.75) is 13.5 Å². The van der Waals surface area contributed by atoms with Gasteiger partial charge in [-0.1, -0.05) is 0 Å². The molecule has 20 heavy (non-hydrogen) atoms. The Balaban J connectivity index is 2.38. The Hall–Kier alpha value is -2.22. The first kappa shape index (κ1) is 14.2. The van der Waals surface area contributed by atoms with Gasteiger partial charge in [0.25, 0.3) is 0 Å². The number of nitro groups is 1. The second-order valence-corrected chi connectivity index (χ2v) is 4.72. The molecule has 2 rings (SSSR count). The van der Waals surface area contributed by atoms with Gasteiger partial charge in [-0.3, -0.25) is 14.8 Å². The summed E-state index contributed by atoms with van der Waals surface area (Å²) >= 11 is 5.79. The number of hydrogen-bond donors (Lipinski definition) is 0. The minimum atomic E-state index is -0.499. The van der Waals surface area contributed by atoms with E-state index in [-0.39, 0.29) is 22.5 Å². The molecule has 0 aliphatic rings. The van der Waals surface area contributed by atoms with Gasteiger partial charge in [0.15, 0.2) is 0 Å². The van der Waals surface area contributed by atoms with Gasteiger partial charge in [-0.05, 0) is 18.5 Å². The summed E-state index contributed by atoms with van der Waals surface area (Å²) in [5, 5.41) is 15.2. The van der Waals surface area contributed by atoms with E-state index in [1.54, 1.807) is 29.9 Å². The highest BCUT2D eigenvalue weighted by atomic mass is 35.5. The third-order valence-corrected chi connectivity index (χ3v) is 2.90. The average Bonchev–Trinajstić information content (AvgIpc) is 2.72. The lowest BCUT2D eigenvalue weighted by Gasteiger charge is -2.17. The number of nitrogens with zero attached hydrogens (tertiary/aromatic N) is 6. The van der Waals surface area contributed by atoms with E-state index < -0.39 is 4.92 Å². The van der Waals surface area contributed by atoms with Crippen LogP contribution < -0.4 is 4.90 Å². The second kappa shape index (κ2) is 5.41. The van der Waals surface area contributed by atoms with E-state index >= 15 is 0 Å². The molecule has 0 atom stereocenters. The molecule has 0 bridgehead atoms. The lowest BCUT2D eigenvalue weighted by molar-refractivity contribution is -0.385.